The lowest BCUT2D eigenvalue weighted by Crippen LogP contribution is -2.46. The standard InChI is InChI=1S/C15H31NO/c1-7-8-17-16-13-9-14(4,5)11-15(6,10-13)12(2)3/h12-13,16H,7-11H2,1-6H3. The van der Waals surface area contributed by atoms with Crippen molar-refractivity contribution in [3.8, 4) is 0 Å². The Hall–Kier alpha value is -0.0800. The summed E-state index contributed by atoms with van der Waals surface area (Å²) in [6.07, 6.45) is 4.85. The van der Waals surface area contributed by atoms with Crippen LogP contribution in [-0.2, 0) is 4.84 Å². The van der Waals surface area contributed by atoms with E-state index >= 15 is 0 Å². The fraction of sp³-hybridized carbons (Fsp3) is 1.00. The monoisotopic (exact) mass is 241 g/mol. The molecule has 0 spiro atoms. The molecule has 0 aliphatic heterocycles. The third-order valence-electron chi connectivity index (χ3n) is 4.34. The average Bonchev–Trinajstić information content (AvgIpc) is 2.14. The van der Waals surface area contributed by atoms with E-state index in [1.807, 2.05) is 0 Å². The van der Waals surface area contributed by atoms with Crippen LogP contribution in [-0.4, -0.2) is 12.6 Å². The van der Waals surface area contributed by atoms with Crippen molar-refractivity contribution in [2.45, 2.75) is 73.3 Å². The van der Waals surface area contributed by atoms with Crippen LogP contribution in [0.4, 0.5) is 0 Å². The molecule has 1 aliphatic carbocycles. The second-order valence-corrected chi connectivity index (χ2v) is 7.22. The van der Waals surface area contributed by atoms with Gasteiger partial charge in [-0.05, 0) is 42.4 Å². The second-order valence-electron chi connectivity index (χ2n) is 7.22. The van der Waals surface area contributed by atoms with Crippen molar-refractivity contribution in [1.82, 2.24) is 5.48 Å². The molecular formula is C15H31NO. The van der Waals surface area contributed by atoms with E-state index in [2.05, 4.69) is 47.0 Å². The zero-order valence-corrected chi connectivity index (χ0v) is 12.6. The third-order valence-corrected chi connectivity index (χ3v) is 4.34. The van der Waals surface area contributed by atoms with Gasteiger partial charge < -0.3 is 4.84 Å². The maximum absolute atomic E-state index is 5.54. The van der Waals surface area contributed by atoms with Crippen LogP contribution in [0.25, 0.3) is 0 Å². The maximum atomic E-state index is 5.54. The van der Waals surface area contributed by atoms with E-state index in [0.29, 0.717) is 16.9 Å². The molecule has 0 aromatic heterocycles. The number of rotatable bonds is 5. The molecule has 2 unspecified atom stereocenters. The minimum absolute atomic E-state index is 0.421. The van der Waals surface area contributed by atoms with Crippen LogP contribution in [0.2, 0.25) is 0 Å². The van der Waals surface area contributed by atoms with E-state index in [1.165, 1.54) is 19.3 Å². The molecule has 0 heterocycles. The number of hydrogen-bond donors (Lipinski definition) is 1. The number of nitrogens with one attached hydrogen (secondary N) is 1. The van der Waals surface area contributed by atoms with Gasteiger partial charge in [-0.25, -0.2) is 0 Å². The summed E-state index contributed by atoms with van der Waals surface area (Å²) in [5, 5.41) is 0. The highest BCUT2D eigenvalue weighted by Gasteiger charge is 2.42. The topological polar surface area (TPSA) is 21.3 Å². The van der Waals surface area contributed by atoms with Gasteiger partial charge >= 0.3 is 0 Å². The molecule has 17 heavy (non-hydrogen) atoms. The van der Waals surface area contributed by atoms with Gasteiger partial charge in [0.2, 0.25) is 0 Å². The quantitative estimate of drug-likeness (QED) is 0.576. The van der Waals surface area contributed by atoms with Crippen molar-refractivity contribution in [3.63, 3.8) is 0 Å². The Balaban J connectivity index is 2.61. The Bertz CT molecular complexity index is 237. The molecule has 0 amide bonds. The highest BCUT2D eigenvalue weighted by Crippen LogP contribution is 2.49. The van der Waals surface area contributed by atoms with Gasteiger partial charge in [0, 0.05) is 6.04 Å². The van der Waals surface area contributed by atoms with Crippen molar-refractivity contribution < 1.29 is 4.84 Å². The molecule has 2 nitrogen and oxygen atoms in total. The van der Waals surface area contributed by atoms with Crippen LogP contribution in [0.3, 0.4) is 0 Å². The van der Waals surface area contributed by atoms with Crippen LogP contribution >= 0.6 is 0 Å². The van der Waals surface area contributed by atoms with Crippen molar-refractivity contribution >= 4 is 0 Å². The van der Waals surface area contributed by atoms with Gasteiger partial charge in [-0.3, -0.25) is 0 Å². The van der Waals surface area contributed by atoms with Crippen LogP contribution in [0, 0.1) is 16.7 Å². The smallest absolute Gasteiger partial charge is 0.0679 e. The zero-order valence-electron chi connectivity index (χ0n) is 12.6. The van der Waals surface area contributed by atoms with E-state index in [0.717, 1.165) is 18.9 Å². The average molecular weight is 241 g/mol. The third kappa shape index (κ3) is 4.26. The van der Waals surface area contributed by atoms with Crippen molar-refractivity contribution in [2.75, 3.05) is 6.61 Å². The summed E-state index contributed by atoms with van der Waals surface area (Å²) < 4.78 is 0. The zero-order chi connectivity index (χ0) is 13.1. The fourth-order valence-corrected chi connectivity index (χ4v) is 3.34. The second kappa shape index (κ2) is 5.71. The van der Waals surface area contributed by atoms with Gasteiger partial charge in [0.15, 0.2) is 0 Å². The molecule has 2 heteroatoms. The fourth-order valence-electron chi connectivity index (χ4n) is 3.34. The molecular weight excluding hydrogens is 210 g/mol. The molecule has 0 saturated heterocycles. The lowest BCUT2D eigenvalue weighted by molar-refractivity contribution is -0.0461. The van der Waals surface area contributed by atoms with Gasteiger partial charge in [-0.2, -0.15) is 5.48 Å². The predicted molar refractivity (Wildman–Crippen MR) is 73.7 cm³/mol. The van der Waals surface area contributed by atoms with E-state index in [9.17, 15) is 0 Å². The minimum atomic E-state index is 0.421. The molecule has 0 aromatic rings. The summed E-state index contributed by atoms with van der Waals surface area (Å²) in [7, 11) is 0. The van der Waals surface area contributed by atoms with E-state index in [4.69, 9.17) is 4.84 Å². The maximum Gasteiger partial charge on any atom is 0.0679 e. The van der Waals surface area contributed by atoms with Crippen molar-refractivity contribution in [3.05, 3.63) is 0 Å². The Labute approximate surface area is 107 Å². The Morgan fingerprint density at radius 2 is 1.88 bits per heavy atom. The van der Waals surface area contributed by atoms with Crippen LogP contribution in [0.15, 0.2) is 0 Å². The molecule has 2 atom stereocenters. The van der Waals surface area contributed by atoms with E-state index in [1.54, 1.807) is 0 Å². The van der Waals surface area contributed by atoms with Gasteiger partial charge in [0.1, 0.15) is 0 Å². The Morgan fingerprint density at radius 1 is 1.24 bits per heavy atom. The lowest BCUT2D eigenvalue weighted by Gasteiger charge is -2.49. The van der Waals surface area contributed by atoms with Gasteiger partial charge in [0.05, 0.1) is 6.61 Å². The Morgan fingerprint density at radius 3 is 2.41 bits per heavy atom. The van der Waals surface area contributed by atoms with E-state index in [-0.39, 0.29) is 0 Å². The first-order chi connectivity index (χ1) is 7.79. The highest BCUT2D eigenvalue weighted by molar-refractivity contribution is 4.94. The first-order valence-electron chi connectivity index (χ1n) is 7.16. The van der Waals surface area contributed by atoms with Crippen LogP contribution in [0.1, 0.15) is 67.2 Å². The summed E-state index contributed by atoms with van der Waals surface area (Å²) in [4.78, 5) is 5.54. The van der Waals surface area contributed by atoms with Gasteiger partial charge in [-0.1, -0.05) is 41.5 Å². The van der Waals surface area contributed by atoms with Crippen LogP contribution in [0.5, 0.6) is 0 Å². The summed E-state index contributed by atoms with van der Waals surface area (Å²) >= 11 is 0. The minimum Gasteiger partial charge on any atom is -0.302 e. The van der Waals surface area contributed by atoms with E-state index < -0.39 is 0 Å². The molecule has 1 N–H and O–H groups in total. The number of hydroxylamine groups is 1. The first-order valence-corrected chi connectivity index (χ1v) is 7.16. The predicted octanol–water partition coefficient (Wildman–Crippen LogP) is 4.16. The molecule has 102 valence electrons. The molecule has 0 bridgehead atoms. The normalized spacial score (nSPS) is 33.0. The summed E-state index contributed by atoms with van der Waals surface area (Å²) in [6.45, 7) is 14.9. The first kappa shape index (κ1) is 15.0. The van der Waals surface area contributed by atoms with Crippen LogP contribution < -0.4 is 5.48 Å². The molecule has 0 aromatic carbocycles. The molecule has 1 aliphatic rings. The molecule has 1 fully saturated rings. The summed E-state index contributed by atoms with van der Waals surface area (Å²) in [6, 6.07) is 0.512. The van der Waals surface area contributed by atoms with Crippen molar-refractivity contribution in [2.24, 2.45) is 16.7 Å². The van der Waals surface area contributed by atoms with Gasteiger partial charge in [-0.15, -0.1) is 0 Å². The highest BCUT2D eigenvalue weighted by atomic mass is 16.6. The SMILES string of the molecule is CCCONC1CC(C)(C)CC(C)(C(C)C)C1. The largest absolute Gasteiger partial charge is 0.302 e. The number of hydrogen-bond acceptors (Lipinski definition) is 2. The summed E-state index contributed by atoms with van der Waals surface area (Å²) in [5.74, 6) is 0.734. The molecule has 0 radical (unpaired) electrons. The molecule has 1 rings (SSSR count). The molecule has 1 saturated carbocycles. The van der Waals surface area contributed by atoms with Gasteiger partial charge in [0.25, 0.3) is 0 Å². The van der Waals surface area contributed by atoms with Crippen molar-refractivity contribution in [1.29, 1.82) is 0 Å². The Kier molecular flexibility index (Phi) is 5.03. The summed E-state index contributed by atoms with van der Waals surface area (Å²) in [5.41, 5.74) is 4.15. The lowest BCUT2D eigenvalue weighted by atomic mass is 9.59.